The predicted octanol–water partition coefficient (Wildman–Crippen LogP) is -1.87. The van der Waals surface area contributed by atoms with Gasteiger partial charge in [0.2, 0.25) is 5.95 Å². The molecule has 2 aromatic heterocycles. The summed E-state index contributed by atoms with van der Waals surface area (Å²) in [6, 6.07) is 0. The van der Waals surface area contributed by atoms with E-state index in [1.54, 1.807) is 0 Å². The minimum Gasteiger partial charge on any atom is -0.390 e. The number of phosphoric acid groups is 1. The van der Waals surface area contributed by atoms with E-state index in [4.69, 9.17) is 20.3 Å². The summed E-state index contributed by atoms with van der Waals surface area (Å²) in [6.07, 6.45) is -3.41. The highest BCUT2D eigenvalue weighted by molar-refractivity contribution is 7.46. The molecule has 2 aromatic rings. The summed E-state index contributed by atoms with van der Waals surface area (Å²) in [5, 5.41) is 10.1. The standard InChI is InChI=1S/C12H16N5O8P/c1-4-11(20)17(9-8(14-4)10(19)16-12(13)15-9)7-2-5(18)6(25-7)3-24-26(21,22)23/h5-7,18H,2-3H2,1H3,(H2,21,22,23)(H3,13,15,16,19)/t5?,6?,7-/m1/s1. The second-order valence-electron chi connectivity index (χ2n) is 5.71. The Kier molecular flexibility index (Phi) is 4.69. The number of nitrogens with zero attached hydrogens (tertiary/aromatic N) is 3. The number of fused-ring (bicyclic) bond motifs is 1. The van der Waals surface area contributed by atoms with Crippen molar-refractivity contribution in [3.05, 3.63) is 26.4 Å². The molecule has 1 aliphatic heterocycles. The molecule has 0 aromatic carbocycles. The van der Waals surface area contributed by atoms with Crippen LogP contribution in [0.25, 0.3) is 11.2 Å². The molecule has 142 valence electrons. The van der Waals surface area contributed by atoms with Gasteiger partial charge >= 0.3 is 7.82 Å². The van der Waals surface area contributed by atoms with Gasteiger partial charge in [0.25, 0.3) is 11.1 Å². The maximum absolute atomic E-state index is 12.5. The molecule has 1 aliphatic rings. The van der Waals surface area contributed by atoms with E-state index in [0.29, 0.717) is 0 Å². The van der Waals surface area contributed by atoms with Gasteiger partial charge in [-0.3, -0.25) is 23.7 Å². The number of aromatic nitrogens is 4. The first-order chi connectivity index (χ1) is 12.1. The van der Waals surface area contributed by atoms with Crippen LogP contribution >= 0.6 is 7.82 Å². The number of hydrogen-bond acceptors (Lipinski definition) is 9. The highest BCUT2D eigenvalue weighted by Crippen LogP contribution is 2.38. The van der Waals surface area contributed by atoms with Crippen molar-refractivity contribution in [1.29, 1.82) is 0 Å². The summed E-state index contributed by atoms with van der Waals surface area (Å²) in [5.41, 5.74) is 4.01. The summed E-state index contributed by atoms with van der Waals surface area (Å²) in [5.74, 6) is -0.235. The fraction of sp³-hybridized carbons (Fsp3) is 0.500. The molecule has 1 fully saturated rings. The molecule has 3 heterocycles. The van der Waals surface area contributed by atoms with Gasteiger partial charge in [0.05, 0.1) is 12.7 Å². The van der Waals surface area contributed by atoms with Crippen LogP contribution in [0, 0.1) is 6.92 Å². The molecule has 14 heteroatoms. The SMILES string of the molecule is Cc1nc2c(=O)[nH]c(N)nc2n([C@H]2CC(O)C(COP(=O)(O)O)O2)c1=O. The third kappa shape index (κ3) is 3.53. The van der Waals surface area contributed by atoms with Crippen LogP contribution in [-0.2, 0) is 13.8 Å². The zero-order chi connectivity index (χ0) is 19.2. The van der Waals surface area contributed by atoms with E-state index in [-0.39, 0.29) is 29.2 Å². The van der Waals surface area contributed by atoms with E-state index >= 15 is 0 Å². The van der Waals surface area contributed by atoms with Crippen molar-refractivity contribution in [2.75, 3.05) is 12.3 Å². The first-order valence-electron chi connectivity index (χ1n) is 7.39. The fourth-order valence-corrected chi connectivity index (χ4v) is 3.03. The van der Waals surface area contributed by atoms with Gasteiger partial charge in [-0.2, -0.15) is 4.98 Å². The highest BCUT2D eigenvalue weighted by atomic mass is 31.2. The van der Waals surface area contributed by atoms with Gasteiger partial charge in [0, 0.05) is 6.42 Å². The van der Waals surface area contributed by atoms with E-state index in [1.165, 1.54) is 6.92 Å². The van der Waals surface area contributed by atoms with E-state index < -0.39 is 44.0 Å². The molecule has 26 heavy (non-hydrogen) atoms. The molecule has 0 aliphatic carbocycles. The summed E-state index contributed by atoms with van der Waals surface area (Å²) < 4.78 is 21.7. The van der Waals surface area contributed by atoms with Gasteiger partial charge in [-0.15, -0.1) is 0 Å². The Morgan fingerprint density at radius 1 is 1.42 bits per heavy atom. The lowest BCUT2D eigenvalue weighted by molar-refractivity contribution is -0.0434. The lowest BCUT2D eigenvalue weighted by atomic mass is 10.2. The Hall–Kier alpha value is -2.15. The van der Waals surface area contributed by atoms with Gasteiger partial charge in [0.1, 0.15) is 18.0 Å². The summed E-state index contributed by atoms with van der Waals surface area (Å²) >= 11 is 0. The molecular weight excluding hydrogens is 373 g/mol. The number of aliphatic hydroxyl groups excluding tert-OH is 1. The van der Waals surface area contributed by atoms with Gasteiger partial charge < -0.3 is 25.4 Å². The van der Waals surface area contributed by atoms with Crippen molar-refractivity contribution in [1.82, 2.24) is 19.5 Å². The number of ether oxygens (including phenoxy) is 1. The number of nitrogen functional groups attached to an aromatic ring is 1. The van der Waals surface area contributed by atoms with E-state index in [0.717, 1.165) is 4.57 Å². The van der Waals surface area contributed by atoms with Crippen molar-refractivity contribution in [3.8, 4) is 0 Å². The maximum atomic E-state index is 12.5. The molecular formula is C12H16N5O8P. The molecule has 13 nitrogen and oxygen atoms in total. The van der Waals surface area contributed by atoms with E-state index in [2.05, 4.69) is 19.5 Å². The Bertz CT molecular complexity index is 1010. The van der Waals surface area contributed by atoms with Crippen LogP contribution in [0.2, 0.25) is 0 Å². The van der Waals surface area contributed by atoms with Crippen LogP contribution < -0.4 is 16.9 Å². The minimum atomic E-state index is -4.75. The van der Waals surface area contributed by atoms with Crippen molar-refractivity contribution in [3.63, 3.8) is 0 Å². The van der Waals surface area contributed by atoms with Crippen LogP contribution in [0.15, 0.2) is 9.59 Å². The Labute approximate surface area is 144 Å². The zero-order valence-corrected chi connectivity index (χ0v) is 14.3. The Morgan fingerprint density at radius 3 is 2.77 bits per heavy atom. The predicted molar refractivity (Wildman–Crippen MR) is 86.1 cm³/mol. The average Bonchev–Trinajstić information content (AvgIpc) is 2.87. The molecule has 2 unspecified atom stereocenters. The number of phosphoric ester groups is 1. The monoisotopic (exact) mass is 389 g/mol. The molecule has 0 radical (unpaired) electrons. The maximum Gasteiger partial charge on any atom is 0.469 e. The molecule has 3 atom stereocenters. The van der Waals surface area contributed by atoms with E-state index in [1.807, 2.05) is 0 Å². The first-order valence-corrected chi connectivity index (χ1v) is 8.92. The molecule has 3 rings (SSSR count). The third-order valence-electron chi connectivity index (χ3n) is 3.83. The van der Waals surface area contributed by atoms with Crippen LogP contribution in [0.4, 0.5) is 5.95 Å². The number of nitrogens with two attached hydrogens (primary N) is 1. The van der Waals surface area contributed by atoms with E-state index in [9.17, 15) is 19.3 Å². The fourth-order valence-electron chi connectivity index (χ4n) is 2.69. The molecule has 0 amide bonds. The van der Waals surface area contributed by atoms with Crippen molar-refractivity contribution in [2.45, 2.75) is 31.8 Å². The lowest BCUT2D eigenvalue weighted by Crippen LogP contribution is -2.31. The average molecular weight is 389 g/mol. The normalized spacial score (nSPS) is 23.6. The van der Waals surface area contributed by atoms with Crippen molar-refractivity contribution in [2.24, 2.45) is 0 Å². The Balaban J connectivity index is 2.03. The zero-order valence-electron chi connectivity index (χ0n) is 13.4. The van der Waals surface area contributed by atoms with Crippen molar-refractivity contribution >= 4 is 24.9 Å². The highest BCUT2D eigenvalue weighted by Gasteiger charge is 2.38. The number of hydrogen-bond donors (Lipinski definition) is 5. The molecule has 0 saturated carbocycles. The quantitative estimate of drug-likeness (QED) is 0.366. The van der Waals surface area contributed by atoms with Gasteiger partial charge in [-0.1, -0.05) is 0 Å². The minimum absolute atomic E-state index is 0.00239. The third-order valence-corrected chi connectivity index (χ3v) is 4.32. The largest absolute Gasteiger partial charge is 0.469 e. The first kappa shape index (κ1) is 18.6. The van der Waals surface area contributed by atoms with Crippen LogP contribution in [0.1, 0.15) is 18.3 Å². The molecule has 1 saturated heterocycles. The number of anilines is 1. The number of H-pyrrole nitrogens is 1. The second kappa shape index (κ2) is 6.54. The second-order valence-corrected chi connectivity index (χ2v) is 6.95. The molecule has 0 spiro atoms. The van der Waals surface area contributed by atoms with Crippen LogP contribution in [-0.4, -0.2) is 53.2 Å². The number of rotatable bonds is 4. The van der Waals surface area contributed by atoms with Gasteiger partial charge in [0.15, 0.2) is 11.2 Å². The summed E-state index contributed by atoms with van der Waals surface area (Å²) in [6.45, 7) is 0.808. The summed E-state index contributed by atoms with van der Waals surface area (Å²) in [4.78, 5) is 52.2. The summed E-state index contributed by atoms with van der Waals surface area (Å²) in [7, 11) is -4.75. The number of aromatic amines is 1. The topological polar surface area (TPSA) is 203 Å². The van der Waals surface area contributed by atoms with Crippen molar-refractivity contribution < 1.29 is 28.7 Å². The number of aryl methyl sites for hydroxylation is 1. The van der Waals surface area contributed by atoms with Gasteiger partial charge in [-0.25, -0.2) is 9.55 Å². The molecule has 0 bridgehead atoms. The number of aliphatic hydroxyl groups is 1. The number of nitrogens with one attached hydrogen (secondary N) is 1. The molecule has 6 N–H and O–H groups in total. The van der Waals surface area contributed by atoms with Gasteiger partial charge in [-0.05, 0) is 6.92 Å². The lowest BCUT2D eigenvalue weighted by Gasteiger charge is -2.18. The Morgan fingerprint density at radius 2 is 2.12 bits per heavy atom. The smallest absolute Gasteiger partial charge is 0.390 e. The van der Waals surface area contributed by atoms with Crippen LogP contribution in [0.3, 0.4) is 0 Å². The van der Waals surface area contributed by atoms with Crippen LogP contribution in [0.5, 0.6) is 0 Å².